The first-order valence-corrected chi connectivity index (χ1v) is 9.90. The van der Waals surface area contributed by atoms with E-state index in [1.165, 1.54) is 17.0 Å². The van der Waals surface area contributed by atoms with Gasteiger partial charge >= 0.3 is 0 Å². The third-order valence-electron chi connectivity index (χ3n) is 5.53. The Morgan fingerprint density at radius 2 is 1.93 bits per heavy atom. The van der Waals surface area contributed by atoms with Gasteiger partial charge < -0.3 is 10.1 Å². The smallest absolute Gasteiger partial charge is 0.261 e. The summed E-state index contributed by atoms with van der Waals surface area (Å²) >= 11 is 0. The van der Waals surface area contributed by atoms with Gasteiger partial charge in [0.1, 0.15) is 0 Å². The molecule has 0 spiro atoms. The molecule has 2 atom stereocenters. The van der Waals surface area contributed by atoms with Crippen molar-refractivity contribution in [1.82, 2.24) is 10.2 Å². The molecule has 2 aromatic rings. The van der Waals surface area contributed by atoms with Crippen molar-refractivity contribution in [3.8, 4) is 6.07 Å². The Balaban J connectivity index is 1.48. The molecular formula is C23H21N3O4. The Bertz CT molecular complexity index is 1050. The number of imide groups is 1. The second-order valence-electron chi connectivity index (χ2n) is 7.55. The van der Waals surface area contributed by atoms with Crippen LogP contribution in [-0.2, 0) is 4.74 Å². The van der Waals surface area contributed by atoms with Crippen molar-refractivity contribution in [3.63, 3.8) is 0 Å². The second-order valence-corrected chi connectivity index (χ2v) is 7.55. The number of fused-ring (bicyclic) bond motifs is 1. The molecule has 3 amide bonds. The summed E-state index contributed by atoms with van der Waals surface area (Å²) in [4.78, 5) is 39.3. The number of amides is 3. The molecule has 2 heterocycles. The molecule has 0 aliphatic carbocycles. The van der Waals surface area contributed by atoms with Crippen molar-refractivity contribution in [2.45, 2.75) is 31.9 Å². The van der Waals surface area contributed by atoms with Crippen molar-refractivity contribution >= 4 is 17.7 Å². The number of rotatable bonds is 5. The standard InChI is InChI=1S/C23H21N3O4/c1-14(16-6-4-15(12-24)5-7-16)25-21(27)17-8-9-19-20(11-17)23(29)26(22(19)28)13-18-3-2-10-30-18/h4-9,11,14,18H,2-3,10,13H2,1H3,(H,25,27). The number of ether oxygens (including phenoxy) is 1. The predicted molar refractivity (Wildman–Crippen MR) is 108 cm³/mol. The highest BCUT2D eigenvalue weighted by atomic mass is 16.5. The van der Waals surface area contributed by atoms with Gasteiger partial charge in [-0.2, -0.15) is 5.26 Å². The van der Waals surface area contributed by atoms with Crippen LogP contribution in [0.4, 0.5) is 0 Å². The lowest BCUT2D eigenvalue weighted by atomic mass is 10.0. The van der Waals surface area contributed by atoms with Crippen LogP contribution in [0.15, 0.2) is 42.5 Å². The number of carbonyl (C=O) groups excluding carboxylic acids is 3. The summed E-state index contributed by atoms with van der Waals surface area (Å²) in [7, 11) is 0. The molecule has 0 saturated carbocycles. The quantitative estimate of drug-likeness (QED) is 0.774. The van der Waals surface area contributed by atoms with E-state index < -0.39 is 0 Å². The van der Waals surface area contributed by atoms with Crippen molar-refractivity contribution < 1.29 is 19.1 Å². The second kappa shape index (κ2) is 8.09. The largest absolute Gasteiger partial charge is 0.376 e. The van der Waals surface area contributed by atoms with Gasteiger partial charge in [0.15, 0.2) is 0 Å². The first-order chi connectivity index (χ1) is 14.5. The maximum Gasteiger partial charge on any atom is 0.261 e. The fourth-order valence-corrected chi connectivity index (χ4v) is 3.80. The van der Waals surface area contributed by atoms with E-state index in [9.17, 15) is 14.4 Å². The summed E-state index contributed by atoms with van der Waals surface area (Å²) in [6.45, 7) is 2.73. The van der Waals surface area contributed by atoms with Crippen LogP contribution in [0.1, 0.15) is 68.0 Å². The minimum absolute atomic E-state index is 0.122. The molecule has 0 aromatic heterocycles. The number of nitrogens with one attached hydrogen (secondary N) is 1. The first kappa shape index (κ1) is 19.8. The predicted octanol–water partition coefficient (Wildman–Crippen LogP) is 2.82. The SMILES string of the molecule is CC(NC(=O)c1ccc2c(c1)C(=O)N(CC1CCCO1)C2=O)c1ccc(C#N)cc1. The van der Waals surface area contributed by atoms with Gasteiger partial charge in [-0.1, -0.05) is 12.1 Å². The van der Waals surface area contributed by atoms with E-state index in [2.05, 4.69) is 11.4 Å². The van der Waals surface area contributed by atoms with Crippen LogP contribution in [-0.4, -0.2) is 41.9 Å². The Kier molecular flexibility index (Phi) is 5.34. The number of nitriles is 1. The molecule has 4 rings (SSSR count). The normalized spacial score (nSPS) is 18.8. The van der Waals surface area contributed by atoms with E-state index >= 15 is 0 Å². The topological polar surface area (TPSA) is 99.5 Å². The molecule has 1 fully saturated rings. The van der Waals surface area contributed by atoms with Gasteiger partial charge in [0.05, 0.1) is 41.5 Å². The minimum Gasteiger partial charge on any atom is -0.376 e. The third-order valence-corrected chi connectivity index (χ3v) is 5.53. The van der Waals surface area contributed by atoms with Crippen molar-refractivity contribution in [2.75, 3.05) is 13.2 Å². The van der Waals surface area contributed by atoms with Crippen molar-refractivity contribution in [1.29, 1.82) is 5.26 Å². The zero-order valence-corrected chi connectivity index (χ0v) is 16.6. The molecular weight excluding hydrogens is 382 g/mol. The summed E-state index contributed by atoms with van der Waals surface area (Å²) in [5.41, 5.74) is 2.28. The van der Waals surface area contributed by atoms with E-state index in [1.807, 2.05) is 6.92 Å². The molecule has 7 heteroatoms. The maximum atomic E-state index is 12.8. The summed E-state index contributed by atoms with van der Waals surface area (Å²) in [6, 6.07) is 13.3. The van der Waals surface area contributed by atoms with Crippen LogP contribution < -0.4 is 5.32 Å². The molecule has 152 valence electrons. The first-order valence-electron chi connectivity index (χ1n) is 9.90. The highest BCUT2D eigenvalue weighted by Gasteiger charge is 2.38. The van der Waals surface area contributed by atoms with Gasteiger partial charge in [-0.3, -0.25) is 19.3 Å². The zero-order chi connectivity index (χ0) is 21.3. The van der Waals surface area contributed by atoms with Crippen molar-refractivity contribution in [3.05, 3.63) is 70.3 Å². The van der Waals surface area contributed by atoms with E-state index in [1.54, 1.807) is 30.3 Å². The van der Waals surface area contributed by atoms with E-state index in [-0.39, 0.29) is 42.0 Å². The lowest BCUT2D eigenvalue weighted by Gasteiger charge is -2.17. The average molecular weight is 403 g/mol. The van der Waals surface area contributed by atoms with Crippen LogP contribution in [0.25, 0.3) is 0 Å². The lowest BCUT2D eigenvalue weighted by Crippen LogP contribution is -2.36. The van der Waals surface area contributed by atoms with Crippen molar-refractivity contribution in [2.24, 2.45) is 0 Å². The molecule has 1 N–H and O–H groups in total. The monoisotopic (exact) mass is 403 g/mol. The Labute approximate surface area is 174 Å². The van der Waals surface area contributed by atoms with Gasteiger partial charge in [-0.15, -0.1) is 0 Å². The lowest BCUT2D eigenvalue weighted by molar-refractivity contribution is 0.0475. The van der Waals surface area contributed by atoms with Gasteiger partial charge in [0.2, 0.25) is 0 Å². The fraction of sp³-hybridized carbons (Fsp3) is 0.304. The van der Waals surface area contributed by atoms with E-state index in [0.717, 1.165) is 18.4 Å². The van der Waals surface area contributed by atoms with E-state index in [0.29, 0.717) is 23.3 Å². The highest BCUT2D eigenvalue weighted by molar-refractivity contribution is 6.22. The van der Waals surface area contributed by atoms with Crippen LogP contribution in [0.2, 0.25) is 0 Å². The average Bonchev–Trinajstić information content (AvgIpc) is 3.36. The Hall–Kier alpha value is -3.50. The molecule has 2 unspecified atom stereocenters. The summed E-state index contributed by atoms with van der Waals surface area (Å²) in [5, 5.41) is 11.8. The van der Waals surface area contributed by atoms with E-state index in [4.69, 9.17) is 10.00 Å². The molecule has 30 heavy (non-hydrogen) atoms. The summed E-state index contributed by atoms with van der Waals surface area (Å²) in [5.74, 6) is -1.07. The van der Waals surface area contributed by atoms with Gasteiger partial charge in [0.25, 0.3) is 17.7 Å². The van der Waals surface area contributed by atoms with Crippen LogP contribution >= 0.6 is 0 Å². The van der Waals surface area contributed by atoms with Gasteiger partial charge in [0, 0.05) is 12.2 Å². The maximum absolute atomic E-state index is 12.8. The summed E-state index contributed by atoms with van der Waals surface area (Å²) in [6.07, 6.45) is 1.63. The van der Waals surface area contributed by atoms with Gasteiger partial charge in [-0.05, 0) is 55.7 Å². The molecule has 2 aliphatic rings. The summed E-state index contributed by atoms with van der Waals surface area (Å²) < 4.78 is 5.54. The number of benzene rings is 2. The van der Waals surface area contributed by atoms with Crippen LogP contribution in [0.3, 0.4) is 0 Å². The van der Waals surface area contributed by atoms with Crippen LogP contribution in [0.5, 0.6) is 0 Å². The molecule has 2 aromatic carbocycles. The minimum atomic E-state index is -0.389. The number of carbonyl (C=O) groups is 3. The zero-order valence-electron chi connectivity index (χ0n) is 16.6. The molecule has 2 aliphatic heterocycles. The number of hydrogen-bond acceptors (Lipinski definition) is 5. The number of hydrogen-bond donors (Lipinski definition) is 1. The Morgan fingerprint density at radius 1 is 1.20 bits per heavy atom. The van der Waals surface area contributed by atoms with Crippen LogP contribution in [0, 0.1) is 11.3 Å². The molecule has 0 radical (unpaired) electrons. The molecule has 0 bridgehead atoms. The number of nitrogens with zero attached hydrogens (tertiary/aromatic N) is 2. The fourth-order valence-electron chi connectivity index (χ4n) is 3.80. The third kappa shape index (κ3) is 3.70. The Morgan fingerprint density at radius 3 is 2.60 bits per heavy atom. The van der Waals surface area contributed by atoms with Gasteiger partial charge in [-0.25, -0.2) is 0 Å². The molecule has 7 nitrogen and oxygen atoms in total. The molecule has 1 saturated heterocycles. The highest BCUT2D eigenvalue weighted by Crippen LogP contribution is 2.26.